The zero-order valence-electron chi connectivity index (χ0n) is 24.6. The lowest BCUT2D eigenvalue weighted by Gasteiger charge is -2.34. The van der Waals surface area contributed by atoms with Crippen LogP contribution < -0.4 is 20.9 Å². The number of carbonyl (C=O) groups is 3. The van der Waals surface area contributed by atoms with Crippen LogP contribution in [0.1, 0.15) is 37.4 Å². The smallest absolute Gasteiger partial charge is 0.355 e. The summed E-state index contributed by atoms with van der Waals surface area (Å²) < 4.78 is 27.5. The van der Waals surface area contributed by atoms with E-state index in [2.05, 4.69) is 0 Å². The van der Waals surface area contributed by atoms with Gasteiger partial charge in [-0.2, -0.15) is 0 Å². The Bertz CT molecular complexity index is 1640. The first-order valence-electron chi connectivity index (χ1n) is 13.8. The van der Waals surface area contributed by atoms with Crippen LogP contribution in [0.3, 0.4) is 0 Å². The molecule has 4 aromatic carbocycles. The predicted octanol–water partition coefficient (Wildman–Crippen LogP) is 4.29. The minimum atomic E-state index is -2.00. The molecule has 4 rings (SSSR count). The van der Waals surface area contributed by atoms with Crippen molar-refractivity contribution in [3.63, 3.8) is 0 Å². The number of rotatable bonds is 12. The third kappa shape index (κ3) is 6.87. The third-order valence-electron chi connectivity index (χ3n) is 7.15. The van der Waals surface area contributed by atoms with Gasteiger partial charge < -0.3 is 35.2 Å². The Morgan fingerprint density at radius 2 is 1.37 bits per heavy atom. The number of hydrogen-bond acceptors (Lipinski definition) is 10. The average Bonchev–Trinajstić information content (AvgIpc) is 3.02. The van der Waals surface area contributed by atoms with Crippen molar-refractivity contribution in [1.29, 1.82) is 0 Å². The van der Waals surface area contributed by atoms with Crippen LogP contribution in [0.5, 0.6) is 11.5 Å². The fourth-order valence-corrected chi connectivity index (χ4v) is 4.96. The number of methoxy groups -OCH3 is 2. The lowest BCUT2D eigenvalue weighted by atomic mass is 9.86. The second-order valence-corrected chi connectivity index (χ2v) is 10.1. The van der Waals surface area contributed by atoms with Gasteiger partial charge in [-0.15, -0.1) is 0 Å². The third-order valence-corrected chi connectivity index (χ3v) is 7.15. The normalized spacial score (nSPS) is 13.9. The van der Waals surface area contributed by atoms with Crippen molar-refractivity contribution < 1.29 is 38.1 Å². The van der Waals surface area contributed by atoms with Gasteiger partial charge in [-0.3, -0.25) is 4.79 Å². The van der Waals surface area contributed by atoms with E-state index in [0.717, 1.165) is 21.5 Å². The molecule has 0 bridgehead atoms. The standard InChI is InChI=1S/C33H36N2O8/c1-5-41-32(38)33(18-20(2)42-29(36)19-34,26-11-8-24-17-28(40-4)13-10-22(24)15-26)43-31(37)30(35)25-7-6-23-16-27(39-3)12-9-21(23)14-25/h6-17,20,30H,5,18-19,34-35H2,1-4H3. The van der Waals surface area contributed by atoms with Crippen molar-refractivity contribution in [2.75, 3.05) is 27.4 Å². The summed E-state index contributed by atoms with van der Waals surface area (Å²) >= 11 is 0. The summed E-state index contributed by atoms with van der Waals surface area (Å²) in [5.74, 6) is -1.02. The van der Waals surface area contributed by atoms with Gasteiger partial charge >= 0.3 is 17.9 Å². The van der Waals surface area contributed by atoms with Crippen LogP contribution in [0.4, 0.5) is 0 Å². The van der Waals surface area contributed by atoms with E-state index in [-0.39, 0.29) is 19.6 Å². The highest BCUT2D eigenvalue weighted by Gasteiger charge is 2.48. The molecule has 0 aromatic heterocycles. The van der Waals surface area contributed by atoms with Gasteiger partial charge in [0, 0.05) is 12.0 Å². The van der Waals surface area contributed by atoms with Crippen LogP contribution in [0.25, 0.3) is 21.5 Å². The molecular weight excluding hydrogens is 552 g/mol. The molecule has 43 heavy (non-hydrogen) atoms. The topological polar surface area (TPSA) is 149 Å². The van der Waals surface area contributed by atoms with E-state index in [4.69, 9.17) is 35.2 Å². The Morgan fingerprint density at radius 3 is 1.95 bits per heavy atom. The van der Waals surface area contributed by atoms with Gasteiger partial charge in [0.25, 0.3) is 0 Å². The van der Waals surface area contributed by atoms with E-state index < -0.39 is 35.7 Å². The summed E-state index contributed by atoms with van der Waals surface area (Å²) in [4.78, 5) is 39.6. The van der Waals surface area contributed by atoms with E-state index in [1.54, 1.807) is 70.5 Å². The van der Waals surface area contributed by atoms with E-state index in [1.807, 2.05) is 30.3 Å². The van der Waals surface area contributed by atoms with Crippen molar-refractivity contribution in [2.24, 2.45) is 11.5 Å². The first-order valence-corrected chi connectivity index (χ1v) is 13.8. The molecule has 4 N–H and O–H groups in total. The van der Waals surface area contributed by atoms with Gasteiger partial charge in [0.15, 0.2) is 0 Å². The molecule has 0 fully saturated rings. The highest BCUT2D eigenvalue weighted by molar-refractivity contribution is 5.91. The first kappa shape index (κ1) is 31.3. The molecule has 10 heteroatoms. The van der Waals surface area contributed by atoms with Crippen LogP contribution in [0.2, 0.25) is 0 Å². The Balaban J connectivity index is 1.78. The molecule has 10 nitrogen and oxygen atoms in total. The fraction of sp³-hybridized carbons (Fsp3) is 0.303. The molecule has 3 unspecified atom stereocenters. The molecule has 226 valence electrons. The SMILES string of the molecule is CCOC(=O)C(CC(C)OC(=O)CN)(OC(=O)C(N)c1ccc2cc(OC)ccc2c1)c1ccc2cc(OC)ccc2c1. The number of fused-ring (bicyclic) bond motifs is 2. The van der Waals surface area contributed by atoms with Gasteiger partial charge in [-0.05, 0) is 77.4 Å². The number of nitrogens with two attached hydrogens (primary N) is 2. The predicted molar refractivity (Wildman–Crippen MR) is 162 cm³/mol. The van der Waals surface area contributed by atoms with Crippen LogP contribution in [0, 0.1) is 0 Å². The Hall–Kier alpha value is -4.67. The minimum Gasteiger partial charge on any atom is -0.497 e. The van der Waals surface area contributed by atoms with E-state index in [1.165, 1.54) is 0 Å². The molecule has 0 heterocycles. The summed E-state index contributed by atoms with van der Waals surface area (Å²) in [6, 6.07) is 20.2. The highest BCUT2D eigenvalue weighted by atomic mass is 16.6. The fourth-order valence-electron chi connectivity index (χ4n) is 4.96. The van der Waals surface area contributed by atoms with Crippen LogP contribution in [-0.4, -0.2) is 51.4 Å². The largest absolute Gasteiger partial charge is 0.497 e. The van der Waals surface area contributed by atoms with Crippen LogP contribution >= 0.6 is 0 Å². The molecule has 4 aromatic rings. The molecular formula is C33H36N2O8. The molecule has 0 radical (unpaired) electrons. The second kappa shape index (κ2) is 13.5. The molecule has 0 spiro atoms. The average molecular weight is 589 g/mol. The molecule has 0 saturated carbocycles. The molecule has 0 aliphatic rings. The van der Waals surface area contributed by atoms with Crippen molar-refractivity contribution in [3.05, 3.63) is 83.9 Å². The highest BCUT2D eigenvalue weighted by Crippen LogP contribution is 2.37. The molecule has 0 aliphatic carbocycles. The summed E-state index contributed by atoms with van der Waals surface area (Å²) in [6.45, 7) is 2.89. The summed E-state index contributed by atoms with van der Waals surface area (Å²) in [5, 5.41) is 3.32. The van der Waals surface area contributed by atoms with Gasteiger partial charge in [0.05, 0.1) is 27.4 Å². The van der Waals surface area contributed by atoms with Crippen LogP contribution in [0.15, 0.2) is 72.8 Å². The van der Waals surface area contributed by atoms with Crippen molar-refractivity contribution in [2.45, 2.75) is 38.0 Å². The van der Waals surface area contributed by atoms with Crippen molar-refractivity contribution in [1.82, 2.24) is 0 Å². The zero-order valence-corrected chi connectivity index (χ0v) is 24.6. The number of ether oxygens (including phenoxy) is 5. The first-order chi connectivity index (χ1) is 20.6. The monoisotopic (exact) mass is 588 g/mol. The Morgan fingerprint density at radius 1 is 0.814 bits per heavy atom. The maximum atomic E-state index is 13.8. The van der Waals surface area contributed by atoms with E-state index in [9.17, 15) is 14.4 Å². The molecule has 3 atom stereocenters. The quantitative estimate of drug-likeness (QED) is 0.181. The minimum absolute atomic E-state index is 0.0140. The summed E-state index contributed by atoms with van der Waals surface area (Å²) in [5.41, 5.74) is 10.7. The lowest BCUT2D eigenvalue weighted by molar-refractivity contribution is -0.190. The zero-order chi connectivity index (χ0) is 31.1. The van der Waals surface area contributed by atoms with E-state index >= 15 is 0 Å². The van der Waals surface area contributed by atoms with Gasteiger partial charge in [-0.1, -0.05) is 36.4 Å². The van der Waals surface area contributed by atoms with Gasteiger partial charge in [-0.25, -0.2) is 9.59 Å². The molecule has 0 saturated heterocycles. The summed E-state index contributed by atoms with van der Waals surface area (Å²) in [7, 11) is 3.15. The maximum Gasteiger partial charge on any atom is 0.355 e. The number of esters is 3. The number of carbonyl (C=O) groups excluding carboxylic acids is 3. The van der Waals surface area contributed by atoms with E-state index in [0.29, 0.717) is 22.6 Å². The maximum absolute atomic E-state index is 13.8. The summed E-state index contributed by atoms with van der Waals surface area (Å²) in [6.07, 6.45) is -1.12. The number of hydrogen-bond donors (Lipinski definition) is 2. The van der Waals surface area contributed by atoms with Gasteiger partial charge in [0.1, 0.15) is 23.6 Å². The molecule has 0 amide bonds. The Labute approximate surface area is 249 Å². The van der Waals surface area contributed by atoms with Crippen LogP contribution in [-0.2, 0) is 34.2 Å². The lowest BCUT2D eigenvalue weighted by Crippen LogP contribution is -2.46. The number of benzene rings is 4. The second-order valence-electron chi connectivity index (χ2n) is 10.1. The van der Waals surface area contributed by atoms with Gasteiger partial charge in [0.2, 0.25) is 5.60 Å². The van der Waals surface area contributed by atoms with Crippen molar-refractivity contribution in [3.8, 4) is 11.5 Å². The van der Waals surface area contributed by atoms with Crippen molar-refractivity contribution >= 4 is 39.5 Å². The molecule has 0 aliphatic heterocycles. The Kier molecular flexibility index (Phi) is 9.84.